The molecule has 0 radical (unpaired) electrons. The summed E-state index contributed by atoms with van der Waals surface area (Å²) in [5.41, 5.74) is 1.13. The Morgan fingerprint density at radius 3 is 2.61 bits per heavy atom. The number of thiazole rings is 1. The second kappa shape index (κ2) is 14.0. The quantitative estimate of drug-likeness (QED) is 0.281. The number of amides is 1. The van der Waals surface area contributed by atoms with Crippen molar-refractivity contribution in [3.8, 4) is 0 Å². The van der Waals surface area contributed by atoms with E-state index < -0.39 is 0 Å². The number of hydrogen-bond donors (Lipinski definition) is 2. The van der Waals surface area contributed by atoms with Crippen LogP contribution < -0.4 is 15.5 Å². The highest BCUT2D eigenvalue weighted by atomic mass is 127. The van der Waals surface area contributed by atoms with E-state index in [0.29, 0.717) is 13.0 Å². The van der Waals surface area contributed by atoms with Crippen molar-refractivity contribution in [2.24, 2.45) is 4.99 Å². The van der Waals surface area contributed by atoms with Crippen molar-refractivity contribution >= 4 is 52.3 Å². The van der Waals surface area contributed by atoms with Gasteiger partial charge in [-0.3, -0.25) is 9.79 Å². The van der Waals surface area contributed by atoms with Crippen molar-refractivity contribution in [2.45, 2.75) is 46.5 Å². The van der Waals surface area contributed by atoms with E-state index in [2.05, 4.69) is 25.9 Å². The van der Waals surface area contributed by atoms with E-state index in [1.54, 1.807) is 11.3 Å². The molecule has 0 aliphatic carbocycles. The highest BCUT2D eigenvalue weighted by Gasteiger charge is 2.15. The number of nitrogens with zero attached hydrogens (tertiary/aromatic N) is 4. The van der Waals surface area contributed by atoms with Crippen LogP contribution in [0.25, 0.3) is 0 Å². The Balaban J connectivity index is 0.00000392. The van der Waals surface area contributed by atoms with E-state index >= 15 is 0 Å². The standard InChI is InChI=1S/C19H34N6OS.HI/c1-4-20-18(22-12-10-17(26)24(5-2)6-3)21-11-9-16-15-27-19(23-16)25-13-7-8-14-25;/h15H,4-14H2,1-3H3,(H2,20,21,22);1H. The smallest absolute Gasteiger partial charge is 0.224 e. The minimum atomic E-state index is 0. The summed E-state index contributed by atoms with van der Waals surface area (Å²) in [6.45, 7) is 11.9. The summed E-state index contributed by atoms with van der Waals surface area (Å²) >= 11 is 1.74. The molecule has 2 N–H and O–H groups in total. The van der Waals surface area contributed by atoms with Crippen LogP contribution in [0, 0.1) is 0 Å². The summed E-state index contributed by atoms with van der Waals surface area (Å²) in [4.78, 5) is 25.6. The van der Waals surface area contributed by atoms with Crippen molar-refractivity contribution in [1.29, 1.82) is 0 Å². The Labute approximate surface area is 190 Å². The molecule has 28 heavy (non-hydrogen) atoms. The van der Waals surface area contributed by atoms with Gasteiger partial charge in [-0.25, -0.2) is 4.98 Å². The molecule has 1 aromatic rings. The largest absolute Gasteiger partial charge is 0.357 e. The molecular weight excluding hydrogens is 487 g/mol. The van der Waals surface area contributed by atoms with Crippen molar-refractivity contribution in [3.63, 3.8) is 0 Å². The summed E-state index contributed by atoms with van der Waals surface area (Å²) in [6, 6.07) is 0. The molecule has 0 unspecified atom stereocenters. The van der Waals surface area contributed by atoms with Gasteiger partial charge < -0.3 is 20.4 Å². The van der Waals surface area contributed by atoms with Gasteiger partial charge in [0.15, 0.2) is 11.1 Å². The van der Waals surface area contributed by atoms with Gasteiger partial charge in [-0.05, 0) is 33.6 Å². The summed E-state index contributed by atoms with van der Waals surface area (Å²) in [6.07, 6.45) is 3.86. The molecule has 0 saturated carbocycles. The van der Waals surface area contributed by atoms with Gasteiger partial charge in [-0.2, -0.15) is 0 Å². The number of carbonyl (C=O) groups excluding carboxylic acids is 1. The number of guanidine groups is 1. The van der Waals surface area contributed by atoms with Crippen LogP contribution in [-0.2, 0) is 11.2 Å². The van der Waals surface area contributed by atoms with E-state index in [1.165, 1.54) is 12.8 Å². The Kier molecular flexibility index (Phi) is 12.4. The SMILES string of the molecule is CCNC(=NCCC(=O)N(CC)CC)NCCc1csc(N2CCCC2)n1.I. The van der Waals surface area contributed by atoms with E-state index in [1.807, 2.05) is 25.7 Å². The molecule has 2 heterocycles. The maximum atomic E-state index is 12.1. The van der Waals surface area contributed by atoms with E-state index in [4.69, 9.17) is 4.98 Å². The van der Waals surface area contributed by atoms with Crippen molar-refractivity contribution in [2.75, 3.05) is 50.7 Å². The second-order valence-electron chi connectivity index (χ2n) is 6.57. The van der Waals surface area contributed by atoms with Crippen molar-refractivity contribution in [1.82, 2.24) is 20.5 Å². The predicted octanol–water partition coefficient (Wildman–Crippen LogP) is 2.72. The Hall–Kier alpha value is -1.10. The lowest BCUT2D eigenvalue weighted by Gasteiger charge is -2.18. The Morgan fingerprint density at radius 1 is 1.25 bits per heavy atom. The molecule has 1 aliphatic rings. The monoisotopic (exact) mass is 522 g/mol. The van der Waals surface area contributed by atoms with E-state index in [9.17, 15) is 4.79 Å². The zero-order valence-corrected chi connectivity index (χ0v) is 20.5. The lowest BCUT2D eigenvalue weighted by molar-refractivity contribution is -0.130. The molecule has 1 aliphatic heterocycles. The molecular formula is C19H35IN6OS. The Bertz CT molecular complexity index is 599. The summed E-state index contributed by atoms with van der Waals surface area (Å²) in [7, 11) is 0. The van der Waals surface area contributed by atoms with Gasteiger partial charge in [0.1, 0.15) is 0 Å². The van der Waals surface area contributed by atoms with Gasteiger partial charge in [0.05, 0.1) is 12.2 Å². The fourth-order valence-electron chi connectivity index (χ4n) is 3.11. The van der Waals surface area contributed by atoms with E-state index in [0.717, 1.165) is 62.5 Å². The minimum absolute atomic E-state index is 0. The maximum absolute atomic E-state index is 12.1. The third-order valence-corrected chi connectivity index (χ3v) is 5.60. The van der Waals surface area contributed by atoms with E-state index in [-0.39, 0.29) is 29.9 Å². The number of carbonyl (C=O) groups is 1. The predicted molar refractivity (Wildman–Crippen MR) is 129 cm³/mol. The molecule has 1 amide bonds. The van der Waals surface area contributed by atoms with Gasteiger partial charge in [0.2, 0.25) is 5.91 Å². The van der Waals surface area contributed by atoms with Crippen molar-refractivity contribution in [3.05, 3.63) is 11.1 Å². The van der Waals surface area contributed by atoms with Crippen molar-refractivity contribution < 1.29 is 4.79 Å². The summed E-state index contributed by atoms with van der Waals surface area (Å²) < 4.78 is 0. The maximum Gasteiger partial charge on any atom is 0.224 e. The van der Waals surface area contributed by atoms with Crippen LogP contribution in [0.4, 0.5) is 5.13 Å². The van der Waals surface area contributed by atoms with Crippen LogP contribution in [0.15, 0.2) is 10.4 Å². The number of anilines is 1. The highest BCUT2D eigenvalue weighted by Crippen LogP contribution is 2.24. The molecule has 160 valence electrons. The average molecular weight is 523 g/mol. The lowest BCUT2D eigenvalue weighted by Crippen LogP contribution is -2.38. The fraction of sp³-hybridized carbons (Fsp3) is 0.737. The molecule has 1 aromatic heterocycles. The Morgan fingerprint density at radius 2 is 1.96 bits per heavy atom. The fourth-order valence-corrected chi connectivity index (χ4v) is 4.03. The van der Waals surface area contributed by atoms with Crippen LogP contribution >= 0.6 is 35.3 Å². The number of nitrogens with one attached hydrogen (secondary N) is 2. The lowest BCUT2D eigenvalue weighted by atomic mass is 10.3. The number of rotatable bonds is 10. The normalized spacial score (nSPS) is 14.0. The second-order valence-corrected chi connectivity index (χ2v) is 7.41. The molecule has 7 nitrogen and oxygen atoms in total. The zero-order chi connectivity index (χ0) is 19.5. The summed E-state index contributed by atoms with van der Waals surface area (Å²) in [5.74, 6) is 0.927. The first kappa shape index (κ1) is 24.9. The highest BCUT2D eigenvalue weighted by molar-refractivity contribution is 14.0. The third kappa shape index (κ3) is 8.10. The number of hydrogen-bond acceptors (Lipinski definition) is 5. The molecule has 0 spiro atoms. The van der Waals surface area contributed by atoms with Crippen LogP contribution in [0.2, 0.25) is 0 Å². The number of aromatic nitrogens is 1. The van der Waals surface area contributed by atoms with Gasteiger partial charge in [-0.15, -0.1) is 35.3 Å². The molecule has 0 atom stereocenters. The first-order valence-corrected chi connectivity index (χ1v) is 11.0. The average Bonchev–Trinajstić information content (AvgIpc) is 3.34. The molecule has 9 heteroatoms. The first-order chi connectivity index (χ1) is 13.2. The number of aliphatic imine (C=N–C) groups is 1. The molecule has 0 bridgehead atoms. The van der Waals surface area contributed by atoms with Gasteiger partial charge in [-0.1, -0.05) is 0 Å². The minimum Gasteiger partial charge on any atom is -0.357 e. The van der Waals surface area contributed by atoms with Gasteiger partial charge in [0, 0.05) is 57.5 Å². The van der Waals surface area contributed by atoms with Gasteiger partial charge >= 0.3 is 0 Å². The van der Waals surface area contributed by atoms with Crippen LogP contribution in [0.5, 0.6) is 0 Å². The summed E-state index contributed by atoms with van der Waals surface area (Å²) in [5, 5.41) is 9.89. The molecule has 1 fully saturated rings. The van der Waals surface area contributed by atoms with Crippen LogP contribution in [0.3, 0.4) is 0 Å². The molecule has 1 saturated heterocycles. The topological polar surface area (TPSA) is 72.9 Å². The molecule has 0 aromatic carbocycles. The van der Waals surface area contributed by atoms with Crippen LogP contribution in [0.1, 0.15) is 45.7 Å². The zero-order valence-electron chi connectivity index (χ0n) is 17.4. The van der Waals surface area contributed by atoms with Crippen LogP contribution in [-0.4, -0.2) is 67.6 Å². The first-order valence-electron chi connectivity index (χ1n) is 10.2. The third-order valence-electron chi connectivity index (χ3n) is 4.65. The van der Waals surface area contributed by atoms with Gasteiger partial charge in [0.25, 0.3) is 0 Å². The number of halogens is 1. The molecule has 2 rings (SSSR count).